The predicted molar refractivity (Wildman–Crippen MR) is 98.4 cm³/mol. The van der Waals surface area contributed by atoms with E-state index in [9.17, 15) is 9.59 Å². The first-order valence-electron chi connectivity index (χ1n) is 9.14. The summed E-state index contributed by atoms with van der Waals surface area (Å²) in [7, 11) is 2.04. The molecule has 1 aliphatic heterocycles. The molecule has 2 aromatic rings. The molecule has 26 heavy (non-hydrogen) atoms. The average molecular weight is 358 g/mol. The van der Waals surface area contributed by atoms with E-state index < -0.39 is 0 Å². The van der Waals surface area contributed by atoms with Crippen LogP contribution in [0.25, 0.3) is 11.0 Å². The average Bonchev–Trinajstić information content (AvgIpc) is 2.96. The van der Waals surface area contributed by atoms with Crippen LogP contribution in [0.2, 0.25) is 0 Å². The van der Waals surface area contributed by atoms with Gasteiger partial charge in [-0.1, -0.05) is 12.1 Å². The van der Waals surface area contributed by atoms with E-state index in [1.165, 1.54) is 0 Å². The Morgan fingerprint density at radius 3 is 2.54 bits per heavy atom. The highest BCUT2D eigenvalue weighted by atomic mass is 16.5. The second-order valence-electron chi connectivity index (χ2n) is 6.54. The van der Waals surface area contributed by atoms with E-state index in [0.29, 0.717) is 19.7 Å². The van der Waals surface area contributed by atoms with Crippen LogP contribution in [0.3, 0.4) is 0 Å². The van der Waals surface area contributed by atoms with Crippen LogP contribution in [-0.2, 0) is 27.9 Å². The molecule has 1 aromatic heterocycles. The first-order valence-corrected chi connectivity index (χ1v) is 9.14. The number of para-hydroxylation sites is 2. The summed E-state index contributed by atoms with van der Waals surface area (Å²) in [5.41, 5.74) is 2.15. The number of benzene rings is 1. The molecule has 140 valence electrons. The first kappa shape index (κ1) is 18.4. The number of piperazine rings is 1. The molecule has 1 saturated heterocycles. The maximum atomic E-state index is 12.2. The summed E-state index contributed by atoms with van der Waals surface area (Å²) in [5.74, 6) is 0.759. The molecule has 0 radical (unpaired) electrons. The molecule has 0 N–H and O–H groups in total. The van der Waals surface area contributed by atoms with E-state index in [1.54, 1.807) is 6.92 Å². The Morgan fingerprint density at radius 1 is 1.12 bits per heavy atom. The van der Waals surface area contributed by atoms with Crippen LogP contribution in [0.4, 0.5) is 0 Å². The number of aromatic nitrogens is 2. The van der Waals surface area contributed by atoms with Gasteiger partial charge in [0.2, 0.25) is 5.91 Å². The van der Waals surface area contributed by atoms with E-state index >= 15 is 0 Å². The van der Waals surface area contributed by atoms with E-state index in [-0.39, 0.29) is 24.7 Å². The van der Waals surface area contributed by atoms with Crippen molar-refractivity contribution >= 4 is 22.9 Å². The molecule has 1 aromatic carbocycles. The molecule has 0 spiro atoms. The van der Waals surface area contributed by atoms with E-state index in [1.807, 2.05) is 30.1 Å². The van der Waals surface area contributed by atoms with Crippen LogP contribution in [0.1, 0.15) is 25.6 Å². The van der Waals surface area contributed by atoms with Gasteiger partial charge in [0.25, 0.3) is 0 Å². The Hall–Kier alpha value is -2.41. The maximum absolute atomic E-state index is 12.2. The topological polar surface area (TPSA) is 67.7 Å². The third-order valence-corrected chi connectivity index (χ3v) is 4.82. The standard InChI is InChI=1S/C19H26N4O3/c1-3-26-19(25)9-8-18(24)23-12-10-22(11-13-23)14-17-20-15-6-4-5-7-16(15)21(17)2/h4-7H,3,8-14H2,1-2H3. The van der Waals surface area contributed by atoms with Crippen molar-refractivity contribution in [2.24, 2.45) is 7.05 Å². The molecule has 0 atom stereocenters. The minimum Gasteiger partial charge on any atom is -0.466 e. The monoisotopic (exact) mass is 358 g/mol. The number of hydrogen-bond donors (Lipinski definition) is 0. The third kappa shape index (κ3) is 4.22. The molecule has 1 aliphatic rings. The lowest BCUT2D eigenvalue weighted by Crippen LogP contribution is -2.48. The number of rotatable bonds is 6. The van der Waals surface area contributed by atoms with Gasteiger partial charge in [-0.05, 0) is 19.1 Å². The molecule has 0 aliphatic carbocycles. The minimum absolute atomic E-state index is 0.0282. The quantitative estimate of drug-likeness (QED) is 0.733. The highest BCUT2D eigenvalue weighted by Crippen LogP contribution is 2.16. The number of esters is 1. The van der Waals surface area contributed by atoms with Crippen molar-refractivity contribution in [2.75, 3.05) is 32.8 Å². The van der Waals surface area contributed by atoms with Crippen molar-refractivity contribution in [2.45, 2.75) is 26.3 Å². The maximum Gasteiger partial charge on any atom is 0.306 e. The van der Waals surface area contributed by atoms with Crippen LogP contribution in [0.15, 0.2) is 24.3 Å². The van der Waals surface area contributed by atoms with Crippen LogP contribution >= 0.6 is 0 Å². The summed E-state index contributed by atoms with van der Waals surface area (Å²) in [4.78, 5) is 32.5. The Kier molecular flexibility index (Phi) is 5.88. The molecule has 0 bridgehead atoms. The number of aryl methyl sites for hydroxylation is 1. The van der Waals surface area contributed by atoms with Crippen molar-refractivity contribution in [3.63, 3.8) is 0 Å². The minimum atomic E-state index is -0.304. The Morgan fingerprint density at radius 2 is 1.85 bits per heavy atom. The van der Waals surface area contributed by atoms with Crippen molar-refractivity contribution in [3.8, 4) is 0 Å². The zero-order valence-electron chi connectivity index (χ0n) is 15.5. The molecule has 0 saturated carbocycles. The summed E-state index contributed by atoms with van der Waals surface area (Å²) in [5, 5.41) is 0. The van der Waals surface area contributed by atoms with Gasteiger partial charge in [-0.25, -0.2) is 4.98 Å². The summed E-state index contributed by atoms with van der Waals surface area (Å²) >= 11 is 0. The van der Waals surface area contributed by atoms with E-state index in [4.69, 9.17) is 9.72 Å². The highest BCUT2D eigenvalue weighted by Gasteiger charge is 2.22. The second kappa shape index (κ2) is 8.31. The lowest BCUT2D eigenvalue weighted by molar-refractivity contribution is -0.146. The lowest BCUT2D eigenvalue weighted by atomic mass is 10.2. The second-order valence-corrected chi connectivity index (χ2v) is 6.54. The summed E-state index contributed by atoms with van der Waals surface area (Å²) in [6, 6.07) is 8.12. The number of carbonyl (C=O) groups is 2. The fourth-order valence-electron chi connectivity index (χ4n) is 3.29. The number of hydrogen-bond acceptors (Lipinski definition) is 5. The SMILES string of the molecule is CCOC(=O)CCC(=O)N1CCN(Cc2nc3ccccc3n2C)CC1. The van der Waals surface area contributed by atoms with Crippen molar-refractivity contribution < 1.29 is 14.3 Å². The molecular formula is C19H26N4O3. The lowest BCUT2D eigenvalue weighted by Gasteiger charge is -2.34. The van der Waals surface area contributed by atoms with Gasteiger partial charge >= 0.3 is 5.97 Å². The van der Waals surface area contributed by atoms with Gasteiger partial charge in [-0.3, -0.25) is 14.5 Å². The number of nitrogens with zero attached hydrogens (tertiary/aromatic N) is 4. The molecule has 3 rings (SSSR count). The summed E-state index contributed by atoms with van der Waals surface area (Å²) < 4.78 is 7.00. The van der Waals surface area contributed by atoms with Gasteiger partial charge in [0.1, 0.15) is 5.82 Å². The van der Waals surface area contributed by atoms with Crippen LogP contribution in [-0.4, -0.2) is 64.0 Å². The molecule has 1 amide bonds. The summed E-state index contributed by atoms with van der Waals surface area (Å²) in [6.07, 6.45) is 0.385. The van der Waals surface area contributed by atoms with Crippen LogP contribution in [0.5, 0.6) is 0 Å². The fraction of sp³-hybridized carbons (Fsp3) is 0.526. The van der Waals surface area contributed by atoms with E-state index in [0.717, 1.165) is 36.5 Å². The fourth-order valence-corrected chi connectivity index (χ4v) is 3.29. The van der Waals surface area contributed by atoms with Gasteiger partial charge < -0.3 is 14.2 Å². The predicted octanol–water partition coefficient (Wildman–Crippen LogP) is 1.56. The zero-order valence-corrected chi connectivity index (χ0v) is 15.5. The number of fused-ring (bicyclic) bond motifs is 1. The smallest absolute Gasteiger partial charge is 0.306 e. The van der Waals surface area contributed by atoms with Crippen LogP contribution in [0, 0.1) is 0 Å². The van der Waals surface area contributed by atoms with Crippen molar-refractivity contribution in [1.29, 1.82) is 0 Å². The van der Waals surface area contributed by atoms with Gasteiger partial charge in [0, 0.05) is 39.6 Å². The van der Waals surface area contributed by atoms with Crippen molar-refractivity contribution in [3.05, 3.63) is 30.1 Å². The van der Waals surface area contributed by atoms with Gasteiger partial charge in [0.05, 0.1) is 30.6 Å². The molecule has 7 nitrogen and oxygen atoms in total. The van der Waals surface area contributed by atoms with Crippen LogP contribution < -0.4 is 0 Å². The molecule has 1 fully saturated rings. The largest absolute Gasteiger partial charge is 0.466 e. The Balaban J connectivity index is 1.49. The number of amides is 1. The molecule has 0 unspecified atom stereocenters. The third-order valence-electron chi connectivity index (χ3n) is 4.82. The normalized spacial score (nSPS) is 15.4. The first-order chi connectivity index (χ1) is 12.6. The van der Waals surface area contributed by atoms with Gasteiger partial charge in [-0.15, -0.1) is 0 Å². The van der Waals surface area contributed by atoms with Gasteiger partial charge in [0.15, 0.2) is 0 Å². The van der Waals surface area contributed by atoms with Gasteiger partial charge in [-0.2, -0.15) is 0 Å². The zero-order chi connectivity index (χ0) is 18.5. The number of carbonyl (C=O) groups excluding carboxylic acids is 2. The highest BCUT2D eigenvalue weighted by molar-refractivity contribution is 5.81. The van der Waals surface area contributed by atoms with Crippen molar-refractivity contribution in [1.82, 2.24) is 19.4 Å². The number of ether oxygens (including phenoxy) is 1. The number of imidazole rings is 1. The molecular weight excluding hydrogens is 332 g/mol. The molecule has 2 heterocycles. The van der Waals surface area contributed by atoms with E-state index in [2.05, 4.69) is 15.5 Å². The Bertz CT molecular complexity index is 778. The summed E-state index contributed by atoms with van der Waals surface area (Å²) in [6.45, 7) is 5.90. The molecule has 7 heteroatoms. The Labute approximate surface area is 153 Å².